The van der Waals surface area contributed by atoms with Gasteiger partial charge in [-0.2, -0.15) is 5.10 Å². The molecule has 0 bridgehead atoms. The first-order chi connectivity index (χ1) is 9.51. The van der Waals surface area contributed by atoms with Gasteiger partial charge in [0.1, 0.15) is 5.82 Å². The molecule has 1 aromatic heterocycles. The zero-order valence-corrected chi connectivity index (χ0v) is 11.5. The van der Waals surface area contributed by atoms with Crippen molar-refractivity contribution in [2.45, 2.75) is 26.9 Å². The number of hydrogen-bond donors (Lipinski definition) is 2. The third-order valence-electron chi connectivity index (χ3n) is 3.12. The molecule has 106 valence electrons. The van der Waals surface area contributed by atoms with Crippen LogP contribution in [0, 0.1) is 12.7 Å². The number of rotatable bonds is 5. The zero-order valence-electron chi connectivity index (χ0n) is 11.5. The minimum absolute atomic E-state index is 0.153. The van der Waals surface area contributed by atoms with Crippen molar-refractivity contribution in [1.29, 1.82) is 0 Å². The lowest BCUT2D eigenvalue weighted by Gasteiger charge is -2.11. The summed E-state index contributed by atoms with van der Waals surface area (Å²) < 4.78 is 15.5. The molecular weight excluding hydrogens is 259 g/mol. The van der Waals surface area contributed by atoms with Crippen LogP contribution in [0.15, 0.2) is 24.5 Å². The normalized spacial score (nSPS) is 10.6. The number of halogens is 1. The number of carbonyl (C=O) groups excluding carboxylic acids is 1. The molecule has 3 N–H and O–H groups in total. The smallest absolute Gasteiger partial charge is 0.248 e. The van der Waals surface area contributed by atoms with Crippen LogP contribution in [-0.2, 0) is 13.1 Å². The molecule has 0 aliphatic rings. The SMILES string of the molecule is CCn1cc(CNc2cc(C(N)=O)cc(F)c2C)cn1. The summed E-state index contributed by atoms with van der Waals surface area (Å²) in [5.74, 6) is -1.10. The van der Waals surface area contributed by atoms with Gasteiger partial charge < -0.3 is 11.1 Å². The summed E-state index contributed by atoms with van der Waals surface area (Å²) in [5, 5.41) is 7.26. The quantitative estimate of drug-likeness (QED) is 0.878. The number of carbonyl (C=O) groups is 1. The number of amides is 1. The number of primary amides is 1. The summed E-state index contributed by atoms with van der Waals surface area (Å²) in [7, 11) is 0. The maximum Gasteiger partial charge on any atom is 0.248 e. The molecule has 5 nitrogen and oxygen atoms in total. The van der Waals surface area contributed by atoms with Gasteiger partial charge in [0.2, 0.25) is 5.91 Å². The molecule has 2 aromatic rings. The Bertz CT molecular complexity index is 636. The summed E-state index contributed by atoms with van der Waals surface area (Å²) in [4.78, 5) is 11.1. The molecule has 0 fully saturated rings. The molecule has 0 radical (unpaired) electrons. The van der Waals surface area contributed by atoms with Gasteiger partial charge in [-0.15, -0.1) is 0 Å². The summed E-state index contributed by atoms with van der Waals surface area (Å²) >= 11 is 0. The molecule has 1 heterocycles. The fourth-order valence-corrected chi connectivity index (χ4v) is 1.87. The fourth-order valence-electron chi connectivity index (χ4n) is 1.87. The summed E-state index contributed by atoms with van der Waals surface area (Å²) in [6.45, 7) is 4.95. The molecule has 2 rings (SSSR count). The topological polar surface area (TPSA) is 72.9 Å². The van der Waals surface area contributed by atoms with Gasteiger partial charge in [0, 0.05) is 41.7 Å². The molecule has 0 saturated carbocycles. The Balaban J connectivity index is 2.18. The first-order valence-corrected chi connectivity index (χ1v) is 6.36. The van der Waals surface area contributed by atoms with Gasteiger partial charge in [-0.3, -0.25) is 9.48 Å². The van der Waals surface area contributed by atoms with Crippen LogP contribution < -0.4 is 11.1 Å². The highest BCUT2D eigenvalue weighted by Crippen LogP contribution is 2.21. The monoisotopic (exact) mass is 276 g/mol. The second-order valence-electron chi connectivity index (χ2n) is 4.55. The van der Waals surface area contributed by atoms with Crippen LogP contribution in [0.25, 0.3) is 0 Å². The van der Waals surface area contributed by atoms with Crippen LogP contribution in [0.5, 0.6) is 0 Å². The summed E-state index contributed by atoms with van der Waals surface area (Å²) in [6, 6.07) is 2.71. The van der Waals surface area contributed by atoms with Crippen LogP contribution >= 0.6 is 0 Å². The van der Waals surface area contributed by atoms with Gasteiger partial charge in [0.15, 0.2) is 0 Å². The lowest BCUT2D eigenvalue weighted by Crippen LogP contribution is -2.13. The van der Waals surface area contributed by atoms with E-state index in [-0.39, 0.29) is 5.56 Å². The van der Waals surface area contributed by atoms with E-state index in [1.54, 1.807) is 19.2 Å². The molecule has 0 atom stereocenters. The Morgan fingerprint density at radius 1 is 1.50 bits per heavy atom. The van der Waals surface area contributed by atoms with Gasteiger partial charge in [0.25, 0.3) is 0 Å². The highest BCUT2D eigenvalue weighted by molar-refractivity contribution is 5.94. The van der Waals surface area contributed by atoms with E-state index in [1.165, 1.54) is 0 Å². The predicted octanol–water partition coefficient (Wildman–Crippen LogP) is 2.06. The first kappa shape index (κ1) is 14.0. The third-order valence-corrected chi connectivity index (χ3v) is 3.12. The molecule has 6 heteroatoms. The van der Waals surface area contributed by atoms with E-state index in [0.29, 0.717) is 17.8 Å². The Kier molecular flexibility index (Phi) is 4.02. The lowest BCUT2D eigenvalue weighted by atomic mass is 10.1. The van der Waals surface area contributed by atoms with Gasteiger partial charge in [-0.1, -0.05) is 0 Å². The van der Waals surface area contributed by atoms with Gasteiger partial charge in [0.05, 0.1) is 6.20 Å². The maximum atomic E-state index is 13.7. The highest BCUT2D eigenvalue weighted by Gasteiger charge is 2.10. The molecule has 0 aliphatic heterocycles. The largest absolute Gasteiger partial charge is 0.381 e. The van der Waals surface area contributed by atoms with Gasteiger partial charge in [-0.25, -0.2) is 4.39 Å². The first-order valence-electron chi connectivity index (χ1n) is 6.36. The fraction of sp³-hybridized carbons (Fsp3) is 0.286. The second-order valence-corrected chi connectivity index (χ2v) is 4.55. The van der Waals surface area contributed by atoms with E-state index < -0.39 is 11.7 Å². The molecule has 1 aromatic carbocycles. The van der Waals surface area contributed by atoms with Crippen molar-refractivity contribution >= 4 is 11.6 Å². The number of nitrogens with one attached hydrogen (secondary N) is 1. The third kappa shape index (κ3) is 2.96. The Morgan fingerprint density at radius 2 is 2.25 bits per heavy atom. The number of benzene rings is 1. The average Bonchev–Trinajstić information content (AvgIpc) is 2.88. The molecule has 0 saturated heterocycles. The van der Waals surface area contributed by atoms with Crippen molar-refractivity contribution in [3.05, 3.63) is 47.0 Å². The van der Waals surface area contributed by atoms with Crippen LogP contribution in [0.4, 0.5) is 10.1 Å². The Labute approximate surface area is 116 Å². The number of nitrogens with two attached hydrogens (primary N) is 1. The molecule has 0 unspecified atom stereocenters. The van der Waals surface area contributed by atoms with Crippen LogP contribution in [0.3, 0.4) is 0 Å². The van der Waals surface area contributed by atoms with Crippen molar-refractivity contribution in [3.8, 4) is 0 Å². The van der Waals surface area contributed by atoms with Crippen molar-refractivity contribution in [1.82, 2.24) is 9.78 Å². The van der Waals surface area contributed by atoms with Crippen molar-refractivity contribution in [2.75, 3.05) is 5.32 Å². The number of aromatic nitrogens is 2. The Hall–Kier alpha value is -2.37. The standard InChI is InChI=1S/C14H17FN4O/c1-3-19-8-10(7-18-19)6-17-13-5-11(14(16)20)4-12(15)9(13)2/h4-5,7-8,17H,3,6H2,1-2H3,(H2,16,20). The van der Waals surface area contributed by atoms with E-state index in [1.807, 2.05) is 17.8 Å². The molecule has 0 aliphatic carbocycles. The van der Waals surface area contributed by atoms with Crippen LogP contribution in [0.1, 0.15) is 28.4 Å². The molecule has 1 amide bonds. The minimum atomic E-state index is -0.647. The van der Waals surface area contributed by atoms with Gasteiger partial charge in [-0.05, 0) is 26.0 Å². The van der Waals surface area contributed by atoms with Crippen molar-refractivity contribution in [2.24, 2.45) is 5.73 Å². The van der Waals surface area contributed by atoms with Gasteiger partial charge >= 0.3 is 0 Å². The lowest BCUT2D eigenvalue weighted by molar-refractivity contribution is 0.1000. The number of anilines is 1. The predicted molar refractivity (Wildman–Crippen MR) is 74.9 cm³/mol. The van der Waals surface area contributed by atoms with Crippen molar-refractivity contribution in [3.63, 3.8) is 0 Å². The summed E-state index contributed by atoms with van der Waals surface area (Å²) in [5.41, 5.74) is 7.33. The Morgan fingerprint density at radius 3 is 2.85 bits per heavy atom. The van der Waals surface area contributed by atoms with Crippen LogP contribution in [-0.4, -0.2) is 15.7 Å². The van der Waals surface area contributed by atoms with E-state index in [0.717, 1.165) is 18.2 Å². The maximum absolute atomic E-state index is 13.7. The van der Waals surface area contributed by atoms with E-state index in [2.05, 4.69) is 10.4 Å². The minimum Gasteiger partial charge on any atom is -0.381 e. The van der Waals surface area contributed by atoms with E-state index in [4.69, 9.17) is 5.73 Å². The number of hydrogen-bond acceptors (Lipinski definition) is 3. The highest BCUT2D eigenvalue weighted by atomic mass is 19.1. The molecule has 20 heavy (non-hydrogen) atoms. The molecular formula is C14H17FN4O. The zero-order chi connectivity index (χ0) is 14.7. The number of aryl methyl sites for hydroxylation is 1. The molecule has 0 spiro atoms. The van der Waals surface area contributed by atoms with Crippen molar-refractivity contribution < 1.29 is 9.18 Å². The average molecular weight is 276 g/mol. The summed E-state index contributed by atoms with van der Waals surface area (Å²) in [6.07, 6.45) is 3.66. The van der Waals surface area contributed by atoms with Crippen LogP contribution in [0.2, 0.25) is 0 Å². The van der Waals surface area contributed by atoms with E-state index >= 15 is 0 Å². The van der Waals surface area contributed by atoms with E-state index in [9.17, 15) is 9.18 Å². The second kappa shape index (κ2) is 5.73. The number of nitrogens with zero attached hydrogens (tertiary/aromatic N) is 2.